The number of aromatic nitrogens is 2. The predicted molar refractivity (Wildman–Crippen MR) is 77.7 cm³/mol. The first-order valence-electron chi connectivity index (χ1n) is 5.71. The highest BCUT2D eigenvalue weighted by atomic mass is 32.1. The van der Waals surface area contributed by atoms with Crippen LogP contribution in [0.5, 0.6) is 0 Å². The predicted octanol–water partition coefficient (Wildman–Crippen LogP) is 2.85. The molecule has 0 fully saturated rings. The van der Waals surface area contributed by atoms with Crippen LogP contribution in [0.2, 0.25) is 0 Å². The van der Waals surface area contributed by atoms with Gasteiger partial charge in [-0.15, -0.1) is 0 Å². The normalized spacial score (nSPS) is 9.83. The summed E-state index contributed by atoms with van der Waals surface area (Å²) in [4.78, 5) is 8.04. The van der Waals surface area contributed by atoms with E-state index in [0.29, 0.717) is 10.9 Å². The Hall–Kier alpha value is -2.01. The average Bonchev–Trinajstić information content (AvgIpc) is 2.40. The lowest BCUT2D eigenvalue weighted by Crippen LogP contribution is -2.19. The van der Waals surface area contributed by atoms with Crippen molar-refractivity contribution in [2.24, 2.45) is 0 Å². The van der Waals surface area contributed by atoms with E-state index in [1.807, 2.05) is 12.1 Å². The molecule has 5 heteroatoms. The fourth-order valence-electron chi connectivity index (χ4n) is 1.47. The lowest BCUT2D eigenvalue weighted by molar-refractivity contribution is 1.14. The van der Waals surface area contributed by atoms with E-state index < -0.39 is 0 Å². The molecule has 18 heavy (non-hydrogen) atoms. The largest absolute Gasteiger partial charge is 0.332 e. The SMILES string of the molecule is CCc1ccc(NC(=S)Nc2cnccn2)cc1. The maximum Gasteiger partial charge on any atom is 0.176 e. The summed E-state index contributed by atoms with van der Waals surface area (Å²) in [5.74, 6) is 0.625. The first-order chi connectivity index (χ1) is 8.78. The molecule has 92 valence electrons. The van der Waals surface area contributed by atoms with Crippen LogP contribution in [0.15, 0.2) is 42.9 Å². The second-order valence-corrected chi connectivity index (χ2v) is 4.13. The molecule has 0 bridgehead atoms. The second kappa shape index (κ2) is 6.07. The summed E-state index contributed by atoms with van der Waals surface area (Å²) >= 11 is 5.19. The Balaban J connectivity index is 1.94. The Morgan fingerprint density at radius 3 is 2.56 bits per heavy atom. The lowest BCUT2D eigenvalue weighted by atomic mass is 10.1. The Morgan fingerprint density at radius 1 is 1.17 bits per heavy atom. The van der Waals surface area contributed by atoms with Crippen LogP contribution >= 0.6 is 12.2 Å². The van der Waals surface area contributed by atoms with Crippen molar-refractivity contribution in [1.29, 1.82) is 0 Å². The molecule has 0 amide bonds. The summed E-state index contributed by atoms with van der Waals surface area (Å²) in [5.41, 5.74) is 2.25. The van der Waals surface area contributed by atoms with Crippen molar-refractivity contribution in [2.75, 3.05) is 10.6 Å². The van der Waals surface area contributed by atoms with Crippen molar-refractivity contribution in [3.8, 4) is 0 Å². The molecule has 0 spiro atoms. The quantitative estimate of drug-likeness (QED) is 0.829. The maximum absolute atomic E-state index is 5.19. The van der Waals surface area contributed by atoms with Gasteiger partial charge in [-0.05, 0) is 36.3 Å². The first kappa shape index (κ1) is 12.4. The van der Waals surface area contributed by atoms with Gasteiger partial charge in [0.25, 0.3) is 0 Å². The lowest BCUT2D eigenvalue weighted by Gasteiger charge is -2.09. The molecule has 0 aliphatic heterocycles. The van der Waals surface area contributed by atoms with Crippen LogP contribution in [0.1, 0.15) is 12.5 Å². The van der Waals surface area contributed by atoms with E-state index in [0.717, 1.165) is 12.1 Å². The Kier molecular flexibility index (Phi) is 4.20. The van der Waals surface area contributed by atoms with Crippen molar-refractivity contribution >= 4 is 28.8 Å². The highest BCUT2D eigenvalue weighted by molar-refractivity contribution is 7.80. The minimum atomic E-state index is 0.500. The van der Waals surface area contributed by atoms with E-state index in [1.54, 1.807) is 18.6 Å². The summed E-state index contributed by atoms with van der Waals surface area (Å²) in [6, 6.07) is 8.16. The van der Waals surface area contributed by atoms with Crippen molar-refractivity contribution in [3.05, 3.63) is 48.4 Å². The molecular formula is C13H14N4S. The number of benzene rings is 1. The van der Waals surface area contributed by atoms with Gasteiger partial charge in [0.05, 0.1) is 6.20 Å². The Bertz CT molecular complexity index is 510. The van der Waals surface area contributed by atoms with Crippen molar-refractivity contribution in [1.82, 2.24) is 9.97 Å². The van der Waals surface area contributed by atoms with Crippen LogP contribution in [-0.2, 0) is 6.42 Å². The van der Waals surface area contributed by atoms with Crippen LogP contribution in [0, 0.1) is 0 Å². The summed E-state index contributed by atoms with van der Waals surface area (Å²) in [6.45, 7) is 2.13. The van der Waals surface area contributed by atoms with Crippen LogP contribution in [0.25, 0.3) is 0 Å². The number of anilines is 2. The maximum atomic E-state index is 5.19. The number of nitrogens with zero attached hydrogens (tertiary/aromatic N) is 2. The minimum absolute atomic E-state index is 0.500. The molecule has 0 unspecified atom stereocenters. The van der Waals surface area contributed by atoms with E-state index >= 15 is 0 Å². The topological polar surface area (TPSA) is 49.8 Å². The Labute approximate surface area is 111 Å². The number of aryl methyl sites for hydroxylation is 1. The third-order valence-corrected chi connectivity index (χ3v) is 2.63. The van der Waals surface area contributed by atoms with E-state index in [-0.39, 0.29) is 0 Å². The van der Waals surface area contributed by atoms with Crippen LogP contribution < -0.4 is 10.6 Å². The zero-order valence-corrected chi connectivity index (χ0v) is 10.9. The van der Waals surface area contributed by atoms with Gasteiger partial charge >= 0.3 is 0 Å². The average molecular weight is 258 g/mol. The molecule has 0 saturated carbocycles. The number of hydrogen-bond acceptors (Lipinski definition) is 3. The minimum Gasteiger partial charge on any atom is -0.332 e. The molecule has 2 rings (SSSR count). The molecule has 2 aromatic rings. The standard InChI is InChI=1S/C13H14N4S/c1-2-10-3-5-11(6-4-10)16-13(18)17-12-9-14-7-8-15-12/h3-9H,2H2,1H3,(H2,15,16,17,18). The molecule has 0 aliphatic carbocycles. The van der Waals surface area contributed by atoms with Gasteiger partial charge in [-0.2, -0.15) is 0 Å². The van der Waals surface area contributed by atoms with Gasteiger partial charge in [0, 0.05) is 18.1 Å². The van der Waals surface area contributed by atoms with Gasteiger partial charge in [0.2, 0.25) is 0 Å². The van der Waals surface area contributed by atoms with Crippen LogP contribution in [0.3, 0.4) is 0 Å². The second-order valence-electron chi connectivity index (χ2n) is 3.72. The number of nitrogens with one attached hydrogen (secondary N) is 2. The molecule has 2 N–H and O–H groups in total. The molecule has 1 aromatic carbocycles. The zero-order valence-electron chi connectivity index (χ0n) is 10.1. The monoisotopic (exact) mass is 258 g/mol. The highest BCUT2D eigenvalue weighted by Gasteiger charge is 1.99. The number of thiocarbonyl (C=S) groups is 1. The molecule has 0 saturated heterocycles. The van der Waals surface area contributed by atoms with E-state index in [2.05, 4.69) is 39.7 Å². The first-order valence-corrected chi connectivity index (χ1v) is 6.11. The molecule has 0 aliphatic rings. The number of hydrogen-bond donors (Lipinski definition) is 2. The third kappa shape index (κ3) is 3.49. The third-order valence-electron chi connectivity index (χ3n) is 2.42. The molecular weight excluding hydrogens is 244 g/mol. The van der Waals surface area contributed by atoms with Crippen molar-refractivity contribution < 1.29 is 0 Å². The fourth-order valence-corrected chi connectivity index (χ4v) is 1.69. The van der Waals surface area contributed by atoms with Gasteiger partial charge in [0.1, 0.15) is 0 Å². The summed E-state index contributed by atoms with van der Waals surface area (Å²) in [6.07, 6.45) is 5.88. The highest BCUT2D eigenvalue weighted by Crippen LogP contribution is 2.10. The summed E-state index contributed by atoms with van der Waals surface area (Å²) < 4.78 is 0. The number of rotatable bonds is 3. The molecule has 0 atom stereocenters. The molecule has 0 radical (unpaired) electrons. The van der Waals surface area contributed by atoms with Crippen LogP contribution in [0.4, 0.5) is 11.5 Å². The van der Waals surface area contributed by atoms with Crippen molar-refractivity contribution in [3.63, 3.8) is 0 Å². The van der Waals surface area contributed by atoms with E-state index in [4.69, 9.17) is 12.2 Å². The smallest absolute Gasteiger partial charge is 0.176 e. The summed E-state index contributed by atoms with van der Waals surface area (Å²) in [7, 11) is 0. The van der Waals surface area contributed by atoms with Gasteiger partial charge < -0.3 is 10.6 Å². The Morgan fingerprint density at radius 2 is 1.94 bits per heavy atom. The zero-order chi connectivity index (χ0) is 12.8. The molecule has 1 aromatic heterocycles. The van der Waals surface area contributed by atoms with Crippen molar-refractivity contribution in [2.45, 2.75) is 13.3 Å². The molecule has 1 heterocycles. The van der Waals surface area contributed by atoms with Gasteiger partial charge in [-0.3, -0.25) is 4.98 Å². The van der Waals surface area contributed by atoms with Gasteiger partial charge in [0.15, 0.2) is 10.9 Å². The summed E-state index contributed by atoms with van der Waals surface area (Å²) in [5, 5.41) is 6.56. The van der Waals surface area contributed by atoms with Crippen LogP contribution in [-0.4, -0.2) is 15.1 Å². The fraction of sp³-hybridized carbons (Fsp3) is 0.154. The van der Waals surface area contributed by atoms with Gasteiger partial charge in [-0.1, -0.05) is 19.1 Å². The van der Waals surface area contributed by atoms with E-state index in [1.165, 1.54) is 5.56 Å². The van der Waals surface area contributed by atoms with E-state index in [9.17, 15) is 0 Å². The molecule has 4 nitrogen and oxygen atoms in total. The van der Waals surface area contributed by atoms with Gasteiger partial charge in [-0.25, -0.2) is 4.98 Å².